The van der Waals surface area contributed by atoms with E-state index in [9.17, 15) is 14.3 Å². The van der Waals surface area contributed by atoms with Gasteiger partial charge in [0, 0.05) is 6.54 Å². The predicted octanol–water partition coefficient (Wildman–Crippen LogP) is 5.47. The maximum absolute atomic E-state index is 13.5. The molecule has 2 N–H and O–H groups in total. The first-order valence-electron chi connectivity index (χ1n) is 12.1. The van der Waals surface area contributed by atoms with Crippen LogP contribution >= 0.6 is 12.2 Å². The van der Waals surface area contributed by atoms with Crippen LogP contribution in [0.4, 0.5) is 10.2 Å². The smallest absolute Gasteiger partial charge is 0.231 e. The van der Waals surface area contributed by atoms with Gasteiger partial charge in [-0.2, -0.15) is 0 Å². The van der Waals surface area contributed by atoms with E-state index < -0.39 is 5.82 Å². The summed E-state index contributed by atoms with van der Waals surface area (Å²) in [5, 5.41) is 13.9. The molecule has 0 bridgehead atoms. The number of methoxy groups -OCH3 is 2. The number of carbonyl (C=O) groups excluding carboxylic acids is 1. The standard InChI is InChI=1S/C28H29FN4O4S/c1-36-22-12-6-19(7-13-22)5-3-4-16-32-24(17-26(34)31-25-15-14-23(37-2)18-30-25)27(35)33(28(32)38)21-10-8-20(29)9-11-21/h6-15,18,35H,3-5,16-17H2,1-2H3,(H,30,31,34). The molecule has 0 aliphatic heterocycles. The van der Waals surface area contributed by atoms with Gasteiger partial charge in [0.25, 0.3) is 0 Å². The lowest BCUT2D eigenvalue weighted by atomic mass is 10.1. The Morgan fingerprint density at radius 1 is 1.00 bits per heavy atom. The van der Waals surface area contributed by atoms with E-state index in [0.717, 1.165) is 25.0 Å². The van der Waals surface area contributed by atoms with E-state index in [2.05, 4.69) is 10.3 Å². The molecule has 8 nitrogen and oxygen atoms in total. The molecule has 0 aliphatic carbocycles. The molecule has 0 saturated carbocycles. The van der Waals surface area contributed by atoms with Crippen molar-refractivity contribution in [2.24, 2.45) is 0 Å². The van der Waals surface area contributed by atoms with Gasteiger partial charge in [0.1, 0.15) is 23.1 Å². The van der Waals surface area contributed by atoms with Crippen molar-refractivity contribution < 1.29 is 23.8 Å². The van der Waals surface area contributed by atoms with Gasteiger partial charge in [0.05, 0.1) is 38.2 Å². The van der Waals surface area contributed by atoms with Gasteiger partial charge in [-0.25, -0.2) is 9.37 Å². The number of carbonyl (C=O) groups is 1. The highest BCUT2D eigenvalue weighted by molar-refractivity contribution is 7.71. The predicted molar refractivity (Wildman–Crippen MR) is 145 cm³/mol. The second kappa shape index (κ2) is 12.4. The number of ether oxygens (including phenoxy) is 2. The van der Waals surface area contributed by atoms with E-state index in [0.29, 0.717) is 34.3 Å². The average Bonchev–Trinajstić information content (AvgIpc) is 3.16. The van der Waals surface area contributed by atoms with Gasteiger partial charge in [0.15, 0.2) is 4.77 Å². The fourth-order valence-corrected chi connectivity index (χ4v) is 4.50. The third kappa shape index (κ3) is 6.38. The first-order valence-corrected chi connectivity index (χ1v) is 12.5. The van der Waals surface area contributed by atoms with Crippen molar-refractivity contribution in [2.75, 3.05) is 19.5 Å². The maximum Gasteiger partial charge on any atom is 0.231 e. The summed E-state index contributed by atoms with van der Waals surface area (Å²) in [5.74, 6) is 0.818. The number of benzene rings is 2. The van der Waals surface area contributed by atoms with Crippen LogP contribution in [0, 0.1) is 10.6 Å². The number of nitrogens with zero attached hydrogens (tertiary/aromatic N) is 3. The Kier molecular flexibility index (Phi) is 8.75. The Labute approximate surface area is 225 Å². The first kappa shape index (κ1) is 26.9. The first-order chi connectivity index (χ1) is 18.4. The van der Waals surface area contributed by atoms with Gasteiger partial charge >= 0.3 is 0 Å². The minimum absolute atomic E-state index is 0.129. The number of hydrogen-bond acceptors (Lipinski definition) is 6. The number of nitrogens with one attached hydrogen (secondary N) is 1. The van der Waals surface area contributed by atoms with Crippen LogP contribution in [-0.4, -0.2) is 39.4 Å². The Hall–Kier alpha value is -4.18. The Morgan fingerprint density at radius 3 is 2.32 bits per heavy atom. The third-order valence-corrected chi connectivity index (χ3v) is 6.53. The Morgan fingerprint density at radius 2 is 1.68 bits per heavy atom. The highest BCUT2D eigenvalue weighted by atomic mass is 32.1. The molecule has 0 aliphatic rings. The number of rotatable bonds is 11. The number of halogens is 1. The normalized spacial score (nSPS) is 10.8. The van der Waals surface area contributed by atoms with Gasteiger partial charge in [-0.05, 0) is 85.6 Å². The third-order valence-electron chi connectivity index (χ3n) is 6.13. The number of imidazole rings is 1. The number of amides is 1. The van der Waals surface area contributed by atoms with Crippen LogP contribution in [0.25, 0.3) is 5.69 Å². The molecule has 198 valence electrons. The summed E-state index contributed by atoms with van der Waals surface area (Å²) in [4.78, 5) is 17.1. The zero-order valence-corrected chi connectivity index (χ0v) is 22.0. The monoisotopic (exact) mass is 536 g/mol. The molecule has 0 fully saturated rings. The summed E-state index contributed by atoms with van der Waals surface area (Å²) >= 11 is 5.70. The zero-order chi connectivity index (χ0) is 27.1. The van der Waals surface area contributed by atoms with Crippen molar-refractivity contribution >= 4 is 23.9 Å². The summed E-state index contributed by atoms with van der Waals surface area (Å²) < 4.78 is 27.4. The quantitative estimate of drug-likeness (QED) is 0.195. The maximum atomic E-state index is 13.5. The van der Waals surface area contributed by atoms with E-state index in [1.165, 1.54) is 47.7 Å². The number of aromatic hydroxyl groups is 1. The molecule has 0 saturated heterocycles. The van der Waals surface area contributed by atoms with Crippen molar-refractivity contribution in [1.82, 2.24) is 14.1 Å². The molecule has 4 aromatic rings. The zero-order valence-electron chi connectivity index (χ0n) is 21.2. The summed E-state index contributed by atoms with van der Waals surface area (Å²) in [6.45, 7) is 0.500. The number of aromatic nitrogens is 3. The second-order valence-corrected chi connectivity index (χ2v) is 8.99. The summed E-state index contributed by atoms with van der Waals surface area (Å²) in [7, 11) is 3.17. The largest absolute Gasteiger partial charge is 0.497 e. The molecule has 0 radical (unpaired) electrons. The minimum atomic E-state index is -0.399. The molecule has 1 amide bonds. The van der Waals surface area contributed by atoms with Crippen molar-refractivity contribution in [3.63, 3.8) is 0 Å². The van der Waals surface area contributed by atoms with Crippen LogP contribution in [0.2, 0.25) is 0 Å². The molecular formula is C28H29FN4O4S. The average molecular weight is 537 g/mol. The molecule has 0 spiro atoms. The highest BCUT2D eigenvalue weighted by Crippen LogP contribution is 2.27. The van der Waals surface area contributed by atoms with Gasteiger partial charge in [-0.15, -0.1) is 0 Å². The van der Waals surface area contributed by atoms with Crippen LogP contribution in [0.1, 0.15) is 24.1 Å². The molecule has 2 aromatic carbocycles. The molecule has 10 heteroatoms. The molecule has 4 rings (SSSR count). The van der Waals surface area contributed by atoms with Gasteiger partial charge in [0.2, 0.25) is 11.8 Å². The van der Waals surface area contributed by atoms with Crippen molar-refractivity contribution in [3.8, 4) is 23.1 Å². The molecule has 38 heavy (non-hydrogen) atoms. The lowest BCUT2D eigenvalue weighted by Crippen LogP contribution is -2.18. The van der Waals surface area contributed by atoms with Crippen molar-refractivity contribution in [2.45, 2.75) is 32.2 Å². The van der Waals surface area contributed by atoms with E-state index in [-0.39, 0.29) is 18.2 Å². The van der Waals surface area contributed by atoms with Crippen LogP contribution < -0.4 is 14.8 Å². The van der Waals surface area contributed by atoms with Crippen molar-refractivity contribution in [1.29, 1.82) is 0 Å². The van der Waals surface area contributed by atoms with Crippen molar-refractivity contribution in [3.05, 3.63) is 88.7 Å². The van der Waals surface area contributed by atoms with Crippen LogP contribution in [0.3, 0.4) is 0 Å². The van der Waals surface area contributed by atoms with Gasteiger partial charge in [-0.3, -0.25) is 9.36 Å². The molecular weight excluding hydrogens is 507 g/mol. The minimum Gasteiger partial charge on any atom is -0.497 e. The summed E-state index contributed by atoms with van der Waals surface area (Å²) in [6, 6.07) is 16.9. The topological polar surface area (TPSA) is 90.5 Å². The highest BCUT2D eigenvalue weighted by Gasteiger charge is 2.21. The van der Waals surface area contributed by atoms with E-state index in [1.807, 2.05) is 24.3 Å². The molecule has 0 atom stereocenters. The number of hydrogen-bond donors (Lipinski definition) is 2. The van der Waals surface area contributed by atoms with Crippen LogP contribution in [-0.2, 0) is 24.2 Å². The van der Waals surface area contributed by atoms with Gasteiger partial charge in [-0.1, -0.05) is 12.1 Å². The number of pyridine rings is 1. The molecule has 2 aromatic heterocycles. The lowest BCUT2D eigenvalue weighted by molar-refractivity contribution is -0.115. The van der Waals surface area contributed by atoms with Gasteiger partial charge < -0.3 is 24.5 Å². The SMILES string of the molecule is COc1ccc(CCCCn2c(CC(=O)Nc3ccc(OC)cn3)c(O)n(-c3ccc(F)cc3)c2=S)cc1. The molecule has 0 unspecified atom stereocenters. The van der Waals surface area contributed by atoms with E-state index >= 15 is 0 Å². The lowest BCUT2D eigenvalue weighted by Gasteiger charge is -2.10. The fourth-order valence-electron chi connectivity index (χ4n) is 4.11. The Bertz CT molecular complexity index is 1430. The number of aryl methyl sites for hydroxylation is 1. The Balaban J connectivity index is 1.53. The number of unbranched alkanes of at least 4 members (excludes halogenated alkanes) is 1. The van der Waals surface area contributed by atoms with Crippen LogP contribution in [0.5, 0.6) is 17.4 Å². The fraction of sp³-hybridized carbons (Fsp3) is 0.250. The van der Waals surface area contributed by atoms with Crippen LogP contribution in [0.15, 0.2) is 66.9 Å². The second-order valence-electron chi connectivity index (χ2n) is 8.63. The van der Waals surface area contributed by atoms with E-state index in [4.69, 9.17) is 21.7 Å². The summed E-state index contributed by atoms with van der Waals surface area (Å²) in [5.41, 5.74) is 2.06. The molecule has 2 heterocycles. The van der Waals surface area contributed by atoms with E-state index in [1.54, 1.807) is 23.8 Å². The number of anilines is 1. The summed E-state index contributed by atoms with van der Waals surface area (Å²) in [6.07, 6.45) is 3.87.